The van der Waals surface area contributed by atoms with Crippen LogP contribution in [0.15, 0.2) is 11.8 Å². The van der Waals surface area contributed by atoms with E-state index in [9.17, 15) is 4.79 Å². The van der Waals surface area contributed by atoms with Gasteiger partial charge in [0, 0.05) is 6.42 Å². The average molecular weight is 314 g/mol. The average Bonchev–Trinajstić information content (AvgIpc) is 2.36. The van der Waals surface area contributed by atoms with Crippen molar-refractivity contribution in [1.82, 2.24) is 0 Å². The minimum Gasteiger partial charge on any atom is -0.492 e. The quantitative estimate of drug-likeness (QED) is 0.437. The lowest BCUT2D eigenvalue weighted by Crippen LogP contribution is -2.43. The van der Waals surface area contributed by atoms with Crippen LogP contribution in [0.5, 0.6) is 0 Å². The Hall–Kier alpha value is -0.813. The maximum absolute atomic E-state index is 11.5. The molecule has 0 spiro atoms. The van der Waals surface area contributed by atoms with Gasteiger partial charge in [0.25, 0.3) is 0 Å². The van der Waals surface area contributed by atoms with E-state index in [0.29, 0.717) is 13.2 Å². The van der Waals surface area contributed by atoms with Crippen LogP contribution >= 0.6 is 0 Å². The standard InChI is InChI=1S/C16H30O4Si/c1-7-18-15(17)11-13-9-8-10-14(20-13)12-19-21(5,6)16(2,3)4/h11,14H,7-10,12H2,1-6H3/b13-11+. The highest BCUT2D eigenvalue weighted by molar-refractivity contribution is 6.74. The molecule has 21 heavy (non-hydrogen) atoms. The Balaban J connectivity index is 2.52. The van der Waals surface area contributed by atoms with Gasteiger partial charge in [-0.05, 0) is 37.9 Å². The van der Waals surface area contributed by atoms with Gasteiger partial charge in [-0.25, -0.2) is 4.79 Å². The second kappa shape index (κ2) is 7.45. The number of carbonyl (C=O) groups is 1. The largest absolute Gasteiger partial charge is 0.492 e. The third kappa shape index (κ3) is 5.83. The minimum absolute atomic E-state index is 0.0496. The summed E-state index contributed by atoms with van der Waals surface area (Å²) in [5, 5.41) is 0.200. The Bertz CT molecular complexity index is 382. The molecule has 1 aliphatic heterocycles. The SMILES string of the molecule is CCOC(=O)/C=C1\CCCC(CO[Si](C)(C)C(C)(C)C)O1. The van der Waals surface area contributed by atoms with Gasteiger partial charge < -0.3 is 13.9 Å². The first-order valence-corrected chi connectivity index (χ1v) is 10.7. The van der Waals surface area contributed by atoms with Crippen molar-refractivity contribution in [3.05, 3.63) is 11.8 Å². The molecule has 0 aromatic rings. The van der Waals surface area contributed by atoms with E-state index in [4.69, 9.17) is 13.9 Å². The number of hydrogen-bond donors (Lipinski definition) is 0. The van der Waals surface area contributed by atoms with Gasteiger partial charge in [0.2, 0.25) is 0 Å². The Morgan fingerprint density at radius 2 is 2.10 bits per heavy atom. The molecule has 1 rings (SSSR count). The maximum Gasteiger partial charge on any atom is 0.334 e. The summed E-state index contributed by atoms with van der Waals surface area (Å²) in [5.41, 5.74) is 0. The van der Waals surface area contributed by atoms with Crippen molar-refractivity contribution in [2.24, 2.45) is 0 Å². The molecule has 0 aliphatic carbocycles. The van der Waals surface area contributed by atoms with Crippen molar-refractivity contribution < 1.29 is 18.7 Å². The van der Waals surface area contributed by atoms with E-state index in [0.717, 1.165) is 25.0 Å². The van der Waals surface area contributed by atoms with Gasteiger partial charge in [0.1, 0.15) is 11.9 Å². The molecule has 1 atom stereocenters. The van der Waals surface area contributed by atoms with Gasteiger partial charge in [-0.3, -0.25) is 0 Å². The zero-order valence-electron chi connectivity index (χ0n) is 14.3. The molecular weight excluding hydrogens is 284 g/mol. The smallest absolute Gasteiger partial charge is 0.334 e. The normalized spacial score (nSPS) is 22.0. The maximum atomic E-state index is 11.5. The molecule has 0 N–H and O–H groups in total. The van der Waals surface area contributed by atoms with Crippen molar-refractivity contribution >= 4 is 14.3 Å². The van der Waals surface area contributed by atoms with E-state index < -0.39 is 8.32 Å². The van der Waals surface area contributed by atoms with Crippen LogP contribution in [0.4, 0.5) is 0 Å². The van der Waals surface area contributed by atoms with Gasteiger partial charge in [-0.15, -0.1) is 0 Å². The van der Waals surface area contributed by atoms with Crippen molar-refractivity contribution in [1.29, 1.82) is 0 Å². The first-order chi connectivity index (χ1) is 9.65. The molecule has 0 saturated carbocycles. The molecule has 1 heterocycles. The predicted octanol–water partition coefficient (Wildman–Crippen LogP) is 4.02. The van der Waals surface area contributed by atoms with E-state index in [1.807, 2.05) is 0 Å². The topological polar surface area (TPSA) is 44.8 Å². The van der Waals surface area contributed by atoms with Crippen molar-refractivity contribution in [2.45, 2.75) is 71.2 Å². The van der Waals surface area contributed by atoms with Gasteiger partial charge in [-0.2, -0.15) is 0 Å². The Morgan fingerprint density at radius 3 is 2.67 bits per heavy atom. The molecule has 0 radical (unpaired) electrons. The molecule has 5 heteroatoms. The summed E-state index contributed by atoms with van der Waals surface area (Å²) >= 11 is 0. The first-order valence-electron chi connectivity index (χ1n) is 7.83. The second-order valence-electron chi connectivity index (χ2n) is 7.07. The van der Waals surface area contributed by atoms with Gasteiger partial charge in [-0.1, -0.05) is 20.8 Å². The third-order valence-corrected chi connectivity index (χ3v) is 8.77. The zero-order chi connectivity index (χ0) is 16.1. The summed E-state index contributed by atoms with van der Waals surface area (Å²) in [4.78, 5) is 11.5. The summed E-state index contributed by atoms with van der Waals surface area (Å²) in [6.07, 6.45) is 4.33. The van der Waals surface area contributed by atoms with E-state index >= 15 is 0 Å². The molecule has 0 amide bonds. The van der Waals surface area contributed by atoms with Crippen LogP contribution in [0.25, 0.3) is 0 Å². The zero-order valence-corrected chi connectivity index (χ0v) is 15.3. The number of hydrogen-bond acceptors (Lipinski definition) is 4. The molecule has 1 fully saturated rings. The summed E-state index contributed by atoms with van der Waals surface area (Å²) in [6, 6.07) is 0. The Kier molecular flexibility index (Phi) is 6.47. The van der Waals surface area contributed by atoms with E-state index in [1.54, 1.807) is 6.92 Å². The number of rotatable bonds is 5. The van der Waals surface area contributed by atoms with Gasteiger partial charge in [0.15, 0.2) is 8.32 Å². The van der Waals surface area contributed by atoms with E-state index in [1.165, 1.54) is 6.08 Å². The van der Waals surface area contributed by atoms with Gasteiger partial charge >= 0.3 is 5.97 Å². The van der Waals surface area contributed by atoms with Crippen LogP contribution in [-0.4, -0.2) is 33.6 Å². The summed E-state index contributed by atoms with van der Waals surface area (Å²) in [5.74, 6) is 0.405. The molecule has 1 aliphatic rings. The first kappa shape index (κ1) is 18.2. The number of esters is 1. The summed E-state index contributed by atoms with van der Waals surface area (Å²) in [7, 11) is -1.75. The predicted molar refractivity (Wildman–Crippen MR) is 86.6 cm³/mol. The van der Waals surface area contributed by atoms with Crippen LogP contribution in [-0.2, 0) is 18.7 Å². The molecular formula is C16H30O4Si. The molecule has 0 bridgehead atoms. The molecule has 0 aromatic carbocycles. The lowest BCUT2D eigenvalue weighted by atomic mass is 10.1. The fraction of sp³-hybridized carbons (Fsp3) is 0.812. The molecule has 1 saturated heterocycles. The highest BCUT2D eigenvalue weighted by Gasteiger charge is 2.38. The molecule has 4 nitrogen and oxygen atoms in total. The highest BCUT2D eigenvalue weighted by atomic mass is 28.4. The Morgan fingerprint density at radius 1 is 1.43 bits per heavy atom. The third-order valence-electron chi connectivity index (χ3n) is 4.27. The number of ether oxygens (including phenoxy) is 2. The van der Waals surface area contributed by atoms with Crippen molar-refractivity contribution in [3.8, 4) is 0 Å². The fourth-order valence-corrected chi connectivity index (χ4v) is 2.93. The fourth-order valence-electron chi connectivity index (χ4n) is 1.89. The monoisotopic (exact) mass is 314 g/mol. The van der Waals surface area contributed by atoms with Crippen LogP contribution in [0.3, 0.4) is 0 Å². The number of carbonyl (C=O) groups excluding carboxylic acids is 1. The minimum atomic E-state index is -1.75. The summed E-state index contributed by atoms with van der Waals surface area (Å²) in [6.45, 7) is 14.0. The number of allylic oxidation sites excluding steroid dienone is 1. The highest BCUT2D eigenvalue weighted by Crippen LogP contribution is 2.37. The van der Waals surface area contributed by atoms with E-state index in [-0.39, 0.29) is 17.1 Å². The lowest BCUT2D eigenvalue weighted by molar-refractivity contribution is -0.137. The lowest BCUT2D eigenvalue weighted by Gasteiger charge is -2.38. The van der Waals surface area contributed by atoms with Crippen LogP contribution in [0.1, 0.15) is 47.0 Å². The van der Waals surface area contributed by atoms with Crippen LogP contribution < -0.4 is 0 Å². The Labute approximate surface area is 130 Å². The van der Waals surface area contributed by atoms with Crippen LogP contribution in [0.2, 0.25) is 18.1 Å². The van der Waals surface area contributed by atoms with Crippen molar-refractivity contribution in [2.75, 3.05) is 13.2 Å². The van der Waals surface area contributed by atoms with Crippen molar-refractivity contribution in [3.63, 3.8) is 0 Å². The molecule has 0 aromatic heterocycles. The van der Waals surface area contributed by atoms with Gasteiger partial charge in [0.05, 0.1) is 19.3 Å². The second-order valence-corrected chi connectivity index (χ2v) is 11.9. The van der Waals surface area contributed by atoms with Crippen LogP contribution in [0, 0.1) is 0 Å². The molecule has 1 unspecified atom stereocenters. The van der Waals surface area contributed by atoms with E-state index in [2.05, 4.69) is 33.9 Å². The summed E-state index contributed by atoms with van der Waals surface area (Å²) < 4.78 is 17.0. The molecule has 122 valence electrons.